The molecule has 0 aliphatic carbocycles. The SMILES string of the molecule is O=C(NNc1ccc(N[SH](=O)=O)cc1)C(=O)NNc1ccc(N[SH](=O)=O)cc1. The van der Waals surface area contributed by atoms with Crippen LogP contribution >= 0.6 is 0 Å². The zero-order chi connectivity index (χ0) is 20.5. The van der Waals surface area contributed by atoms with Crippen molar-refractivity contribution in [3.05, 3.63) is 48.5 Å². The van der Waals surface area contributed by atoms with Crippen LogP contribution in [0.1, 0.15) is 0 Å². The van der Waals surface area contributed by atoms with Crippen molar-refractivity contribution in [2.75, 3.05) is 20.3 Å². The summed E-state index contributed by atoms with van der Waals surface area (Å²) in [4.78, 5) is 23.5. The summed E-state index contributed by atoms with van der Waals surface area (Å²) in [7, 11) is -5.55. The summed E-state index contributed by atoms with van der Waals surface area (Å²) in [6.07, 6.45) is 0. The fraction of sp³-hybridized carbons (Fsp3) is 0. The molecule has 2 rings (SSSR count). The molecule has 28 heavy (non-hydrogen) atoms. The van der Waals surface area contributed by atoms with E-state index in [1.54, 1.807) is 0 Å². The number of nitrogens with one attached hydrogen (secondary N) is 6. The van der Waals surface area contributed by atoms with Crippen LogP contribution in [0.3, 0.4) is 0 Å². The number of rotatable bonds is 8. The van der Waals surface area contributed by atoms with E-state index in [2.05, 4.69) is 31.1 Å². The molecule has 0 saturated carbocycles. The van der Waals surface area contributed by atoms with Gasteiger partial charge >= 0.3 is 11.8 Å². The fourth-order valence-electron chi connectivity index (χ4n) is 1.84. The van der Waals surface area contributed by atoms with Crippen LogP contribution in [0, 0.1) is 0 Å². The first-order valence-corrected chi connectivity index (χ1v) is 9.83. The Balaban J connectivity index is 1.78. The molecule has 2 aromatic rings. The first-order valence-electron chi connectivity index (χ1n) is 7.48. The molecule has 12 nitrogen and oxygen atoms in total. The summed E-state index contributed by atoms with van der Waals surface area (Å²) in [6, 6.07) is 11.8. The molecule has 0 spiro atoms. The van der Waals surface area contributed by atoms with E-state index >= 15 is 0 Å². The fourth-order valence-corrected chi connectivity index (χ4v) is 2.56. The Labute approximate surface area is 162 Å². The molecule has 150 valence electrons. The van der Waals surface area contributed by atoms with E-state index in [0.29, 0.717) is 22.7 Å². The van der Waals surface area contributed by atoms with E-state index in [1.807, 2.05) is 0 Å². The average molecular weight is 428 g/mol. The van der Waals surface area contributed by atoms with E-state index in [9.17, 15) is 26.4 Å². The molecule has 0 heterocycles. The second kappa shape index (κ2) is 9.98. The first-order chi connectivity index (χ1) is 13.3. The number of hydrazine groups is 2. The Morgan fingerprint density at radius 3 is 1.11 bits per heavy atom. The Hall–Kier alpha value is -3.52. The van der Waals surface area contributed by atoms with Gasteiger partial charge in [-0.1, -0.05) is 0 Å². The second-order valence-corrected chi connectivity index (χ2v) is 6.53. The average Bonchev–Trinajstić information content (AvgIpc) is 2.65. The lowest BCUT2D eigenvalue weighted by Gasteiger charge is -2.11. The van der Waals surface area contributed by atoms with Crippen LogP contribution in [0.25, 0.3) is 0 Å². The van der Waals surface area contributed by atoms with Crippen LogP contribution < -0.4 is 31.1 Å². The van der Waals surface area contributed by atoms with Crippen LogP contribution in [-0.2, 0) is 31.4 Å². The van der Waals surface area contributed by atoms with E-state index in [0.717, 1.165) is 0 Å². The molecule has 0 atom stereocenters. The lowest BCUT2D eigenvalue weighted by atomic mass is 10.3. The maximum Gasteiger partial charge on any atom is 0.329 e. The summed E-state index contributed by atoms with van der Waals surface area (Å²) in [5.74, 6) is -1.97. The predicted molar refractivity (Wildman–Crippen MR) is 104 cm³/mol. The number of amides is 2. The molecule has 0 unspecified atom stereocenters. The highest BCUT2D eigenvalue weighted by molar-refractivity contribution is 7.74. The number of thiol groups is 2. The van der Waals surface area contributed by atoms with Crippen molar-refractivity contribution in [2.45, 2.75) is 0 Å². The van der Waals surface area contributed by atoms with Crippen molar-refractivity contribution < 1.29 is 26.4 Å². The van der Waals surface area contributed by atoms with Gasteiger partial charge in [-0.25, -0.2) is 16.8 Å². The third kappa shape index (κ3) is 7.00. The number of benzene rings is 2. The standard InChI is InChI=1S/C14H16N6O6S2/c21-13(17-15-9-1-5-11(6-2-9)19-27(23)24)14(22)18-16-10-3-7-12(8-4-10)20-28(25)26/h1-8,15-16,27-28H,(H,17,21)(H,18,22)(H,19,23,24)(H,20,25,26). The first kappa shape index (κ1) is 20.8. The van der Waals surface area contributed by atoms with Gasteiger partial charge in [0.25, 0.3) is 0 Å². The molecule has 6 N–H and O–H groups in total. The molecular formula is C14H16N6O6S2. The molecule has 2 amide bonds. The van der Waals surface area contributed by atoms with Crippen LogP contribution in [0.4, 0.5) is 22.7 Å². The molecule has 2 aromatic carbocycles. The molecule has 0 saturated heterocycles. The van der Waals surface area contributed by atoms with Gasteiger partial charge in [-0.3, -0.25) is 40.7 Å². The summed E-state index contributed by atoms with van der Waals surface area (Å²) in [6.45, 7) is 0. The van der Waals surface area contributed by atoms with Gasteiger partial charge in [0, 0.05) is 11.4 Å². The van der Waals surface area contributed by atoms with Crippen LogP contribution in [0.15, 0.2) is 48.5 Å². The predicted octanol–water partition coefficient (Wildman–Crippen LogP) is -0.850. The summed E-state index contributed by atoms with van der Waals surface area (Å²) >= 11 is 0. The van der Waals surface area contributed by atoms with Gasteiger partial charge in [0.15, 0.2) is 0 Å². The molecule has 0 fully saturated rings. The number of hydrogen-bond donors (Lipinski definition) is 8. The molecule has 0 bridgehead atoms. The van der Waals surface area contributed by atoms with Crippen molar-refractivity contribution in [2.24, 2.45) is 0 Å². The highest BCUT2D eigenvalue weighted by Gasteiger charge is 2.12. The van der Waals surface area contributed by atoms with Gasteiger partial charge in [0.1, 0.15) is 0 Å². The smallest absolute Gasteiger partial charge is 0.298 e. The number of carbonyl (C=O) groups excluding carboxylic acids is 2. The molecule has 14 heteroatoms. The van der Waals surface area contributed by atoms with Crippen LogP contribution in [0.5, 0.6) is 0 Å². The Bertz CT molecular complexity index is 891. The largest absolute Gasteiger partial charge is 0.329 e. The van der Waals surface area contributed by atoms with Gasteiger partial charge in [-0.2, -0.15) is 0 Å². The minimum atomic E-state index is -2.77. The van der Waals surface area contributed by atoms with Gasteiger partial charge in [-0.05, 0) is 48.5 Å². The number of hydrogen-bond acceptors (Lipinski definition) is 8. The van der Waals surface area contributed by atoms with Crippen molar-refractivity contribution >= 4 is 56.3 Å². The molecule has 0 aliphatic rings. The van der Waals surface area contributed by atoms with Gasteiger partial charge < -0.3 is 0 Å². The zero-order valence-corrected chi connectivity index (χ0v) is 15.8. The minimum Gasteiger partial charge on any atom is -0.298 e. The molecule has 0 aromatic heterocycles. The molecule has 0 aliphatic heterocycles. The van der Waals surface area contributed by atoms with Crippen molar-refractivity contribution in [1.82, 2.24) is 10.9 Å². The normalized spacial score (nSPS) is 10.2. The lowest BCUT2D eigenvalue weighted by Crippen LogP contribution is -2.44. The highest BCUT2D eigenvalue weighted by Crippen LogP contribution is 2.13. The summed E-state index contributed by atoms with van der Waals surface area (Å²) in [5, 5.41) is 0. The van der Waals surface area contributed by atoms with E-state index in [4.69, 9.17) is 0 Å². The van der Waals surface area contributed by atoms with Crippen molar-refractivity contribution in [3.63, 3.8) is 0 Å². The third-order valence-electron chi connectivity index (χ3n) is 3.06. The Morgan fingerprint density at radius 1 is 0.536 bits per heavy atom. The summed E-state index contributed by atoms with van der Waals surface area (Å²) < 4.78 is 46.6. The minimum absolute atomic E-state index is 0.346. The molecular weight excluding hydrogens is 412 g/mol. The maximum absolute atomic E-state index is 11.7. The second-order valence-electron chi connectivity index (χ2n) is 5.05. The van der Waals surface area contributed by atoms with Gasteiger partial charge in [0.05, 0.1) is 11.4 Å². The zero-order valence-electron chi connectivity index (χ0n) is 14.0. The topological polar surface area (TPSA) is 175 Å². The lowest BCUT2D eigenvalue weighted by molar-refractivity contribution is -0.138. The van der Waals surface area contributed by atoms with Crippen LogP contribution in [-0.4, -0.2) is 28.6 Å². The quantitative estimate of drug-likeness (QED) is 0.152. The third-order valence-corrected chi connectivity index (χ3v) is 3.94. The number of anilines is 4. The summed E-state index contributed by atoms with van der Waals surface area (Å²) in [5.41, 5.74) is 10.9. The highest BCUT2D eigenvalue weighted by atomic mass is 32.2. The van der Waals surface area contributed by atoms with Crippen molar-refractivity contribution in [1.29, 1.82) is 0 Å². The monoisotopic (exact) mass is 428 g/mol. The Morgan fingerprint density at radius 2 is 0.821 bits per heavy atom. The number of carbonyl (C=O) groups is 2. The van der Waals surface area contributed by atoms with Crippen LogP contribution in [0.2, 0.25) is 0 Å². The van der Waals surface area contributed by atoms with Gasteiger partial charge in [0.2, 0.25) is 21.8 Å². The van der Waals surface area contributed by atoms with E-state index in [-0.39, 0.29) is 0 Å². The van der Waals surface area contributed by atoms with Gasteiger partial charge in [-0.15, -0.1) is 0 Å². The molecule has 0 radical (unpaired) electrons. The van der Waals surface area contributed by atoms with Crippen molar-refractivity contribution in [3.8, 4) is 0 Å². The van der Waals surface area contributed by atoms with E-state index in [1.165, 1.54) is 48.5 Å². The Kier molecular flexibility index (Phi) is 7.41. The van der Waals surface area contributed by atoms with E-state index < -0.39 is 33.6 Å². The maximum atomic E-state index is 11.7.